The minimum atomic E-state index is -0.377. The van der Waals surface area contributed by atoms with Gasteiger partial charge in [-0.15, -0.1) is 10.2 Å². The number of pyridine rings is 1. The lowest BCUT2D eigenvalue weighted by Crippen LogP contribution is -2.15. The molecule has 8 nitrogen and oxygen atoms in total. The molecule has 0 unspecified atom stereocenters. The third-order valence-corrected chi connectivity index (χ3v) is 6.54. The van der Waals surface area contributed by atoms with E-state index in [0.717, 1.165) is 34.1 Å². The number of fused-ring (bicyclic) bond motifs is 1. The van der Waals surface area contributed by atoms with Gasteiger partial charge in [-0.1, -0.05) is 19.3 Å². The predicted octanol–water partition coefficient (Wildman–Crippen LogP) is 5.65. The van der Waals surface area contributed by atoms with Crippen molar-refractivity contribution in [2.24, 2.45) is 0 Å². The van der Waals surface area contributed by atoms with Gasteiger partial charge in [0.2, 0.25) is 5.82 Å². The highest BCUT2D eigenvalue weighted by molar-refractivity contribution is 7.99. The maximum atomic E-state index is 11.4. The van der Waals surface area contributed by atoms with E-state index in [0.29, 0.717) is 17.2 Å². The maximum Gasteiger partial charge on any atom is 0.278 e. The molecule has 1 aliphatic carbocycles. The van der Waals surface area contributed by atoms with E-state index in [9.17, 15) is 10.1 Å². The van der Waals surface area contributed by atoms with Gasteiger partial charge in [-0.2, -0.15) is 0 Å². The predicted molar refractivity (Wildman–Crippen MR) is 112 cm³/mol. The van der Waals surface area contributed by atoms with Crippen LogP contribution in [-0.4, -0.2) is 24.7 Å². The van der Waals surface area contributed by atoms with Crippen LogP contribution in [0.5, 0.6) is 0 Å². The summed E-state index contributed by atoms with van der Waals surface area (Å²) in [6.45, 7) is 0. The molecular formula is C21H19N5O3S. The van der Waals surface area contributed by atoms with Crippen molar-refractivity contribution in [2.45, 2.75) is 48.2 Å². The molecule has 0 spiro atoms. The minimum Gasteiger partial charge on any atom is -0.461 e. The summed E-state index contributed by atoms with van der Waals surface area (Å²) in [5.74, 6) is 1.42. The SMILES string of the molecule is O=[N+]([O-])c1ccc(Sc2nnc(-c3ccco3)n2C2CCCCC2)c2ccncc12. The number of hydrogen-bond acceptors (Lipinski definition) is 7. The molecule has 0 N–H and O–H groups in total. The van der Waals surface area contributed by atoms with Gasteiger partial charge >= 0.3 is 0 Å². The van der Waals surface area contributed by atoms with Gasteiger partial charge in [0, 0.05) is 34.8 Å². The van der Waals surface area contributed by atoms with E-state index in [-0.39, 0.29) is 10.6 Å². The van der Waals surface area contributed by atoms with Crippen LogP contribution in [0, 0.1) is 10.1 Å². The number of rotatable bonds is 5. The molecule has 0 saturated heterocycles. The van der Waals surface area contributed by atoms with E-state index >= 15 is 0 Å². The molecule has 1 aromatic carbocycles. The molecule has 0 amide bonds. The standard InChI is InChI=1S/C21H19N5O3S/c27-26(28)17-8-9-19(15-10-11-22-13-16(15)17)30-21-24-23-20(18-7-4-12-29-18)25(21)14-5-2-1-3-6-14/h4,7-14H,1-3,5-6H2. The Kier molecular flexibility index (Phi) is 4.96. The number of benzene rings is 1. The molecule has 3 aromatic heterocycles. The first kappa shape index (κ1) is 18.8. The van der Waals surface area contributed by atoms with Crippen LogP contribution in [0.25, 0.3) is 22.4 Å². The number of aromatic nitrogens is 4. The van der Waals surface area contributed by atoms with E-state index in [4.69, 9.17) is 4.42 Å². The fourth-order valence-electron chi connectivity index (χ4n) is 4.08. The Bertz CT molecular complexity index is 1200. The monoisotopic (exact) mass is 421 g/mol. The number of non-ortho nitro benzene ring substituents is 1. The van der Waals surface area contributed by atoms with E-state index in [2.05, 4.69) is 19.7 Å². The minimum absolute atomic E-state index is 0.0486. The maximum absolute atomic E-state index is 11.4. The van der Waals surface area contributed by atoms with Crippen LogP contribution in [0.1, 0.15) is 38.1 Å². The normalized spacial score (nSPS) is 14.9. The molecular weight excluding hydrogens is 402 g/mol. The zero-order chi connectivity index (χ0) is 20.5. The Morgan fingerprint density at radius 3 is 2.73 bits per heavy atom. The largest absolute Gasteiger partial charge is 0.461 e. The number of nitrogens with zero attached hydrogens (tertiary/aromatic N) is 5. The first-order valence-electron chi connectivity index (χ1n) is 9.90. The van der Waals surface area contributed by atoms with Crippen LogP contribution in [-0.2, 0) is 0 Å². The topological polar surface area (TPSA) is 99.9 Å². The smallest absolute Gasteiger partial charge is 0.278 e. The third-order valence-electron chi connectivity index (χ3n) is 5.50. The summed E-state index contributed by atoms with van der Waals surface area (Å²) < 4.78 is 7.79. The van der Waals surface area contributed by atoms with Gasteiger partial charge in [0.05, 0.1) is 16.6 Å². The van der Waals surface area contributed by atoms with Gasteiger partial charge < -0.3 is 4.42 Å². The van der Waals surface area contributed by atoms with Crippen LogP contribution >= 0.6 is 11.8 Å². The lowest BCUT2D eigenvalue weighted by Gasteiger charge is -2.25. The lowest BCUT2D eigenvalue weighted by molar-refractivity contribution is -0.383. The molecule has 9 heteroatoms. The van der Waals surface area contributed by atoms with Gasteiger partial charge in [-0.3, -0.25) is 19.7 Å². The van der Waals surface area contributed by atoms with Crippen LogP contribution in [0.4, 0.5) is 5.69 Å². The van der Waals surface area contributed by atoms with Crippen LogP contribution < -0.4 is 0 Å². The van der Waals surface area contributed by atoms with E-state index in [1.54, 1.807) is 24.6 Å². The Hall–Kier alpha value is -3.20. The summed E-state index contributed by atoms with van der Waals surface area (Å²) in [6, 6.07) is 9.16. The molecule has 30 heavy (non-hydrogen) atoms. The zero-order valence-electron chi connectivity index (χ0n) is 16.1. The van der Waals surface area contributed by atoms with Crippen molar-refractivity contribution >= 4 is 28.2 Å². The molecule has 3 heterocycles. The molecule has 5 rings (SSSR count). The third kappa shape index (κ3) is 3.35. The van der Waals surface area contributed by atoms with Crippen molar-refractivity contribution in [2.75, 3.05) is 0 Å². The van der Waals surface area contributed by atoms with Crippen molar-refractivity contribution in [3.8, 4) is 11.6 Å². The highest BCUT2D eigenvalue weighted by Crippen LogP contribution is 2.40. The number of furan rings is 1. The molecule has 4 aromatic rings. The van der Waals surface area contributed by atoms with Gasteiger partial charge in [0.15, 0.2) is 10.9 Å². The fraction of sp³-hybridized carbons (Fsp3) is 0.286. The summed E-state index contributed by atoms with van der Waals surface area (Å²) in [6.07, 6.45) is 10.6. The van der Waals surface area contributed by atoms with Crippen molar-refractivity contribution < 1.29 is 9.34 Å². The Labute approximate surface area is 176 Å². The van der Waals surface area contributed by atoms with E-state index < -0.39 is 0 Å². The zero-order valence-corrected chi connectivity index (χ0v) is 16.9. The van der Waals surface area contributed by atoms with Crippen molar-refractivity contribution in [1.29, 1.82) is 0 Å². The first-order valence-corrected chi connectivity index (χ1v) is 10.7. The van der Waals surface area contributed by atoms with Crippen LogP contribution in [0.15, 0.2) is 63.5 Å². The highest BCUT2D eigenvalue weighted by atomic mass is 32.2. The summed E-state index contributed by atoms with van der Waals surface area (Å²) in [4.78, 5) is 16.0. The fourth-order valence-corrected chi connectivity index (χ4v) is 5.12. The second kappa shape index (κ2) is 7.91. The Morgan fingerprint density at radius 2 is 1.97 bits per heavy atom. The van der Waals surface area contributed by atoms with E-state index in [1.807, 2.05) is 12.1 Å². The molecule has 0 aliphatic heterocycles. The number of hydrogen-bond donors (Lipinski definition) is 0. The van der Waals surface area contributed by atoms with Crippen LogP contribution in [0.2, 0.25) is 0 Å². The summed E-state index contributed by atoms with van der Waals surface area (Å²) in [7, 11) is 0. The van der Waals surface area contributed by atoms with Crippen LogP contribution in [0.3, 0.4) is 0 Å². The van der Waals surface area contributed by atoms with Gasteiger partial charge in [-0.25, -0.2) is 0 Å². The Morgan fingerprint density at radius 1 is 1.10 bits per heavy atom. The molecule has 1 saturated carbocycles. The van der Waals surface area contributed by atoms with Crippen molar-refractivity contribution in [3.05, 3.63) is 59.1 Å². The van der Waals surface area contributed by atoms with E-state index in [1.165, 1.54) is 43.3 Å². The molecule has 0 radical (unpaired) electrons. The second-order valence-electron chi connectivity index (χ2n) is 7.31. The average Bonchev–Trinajstić information content (AvgIpc) is 3.44. The second-order valence-corrected chi connectivity index (χ2v) is 8.32. The summed E-state index contributed by atoms with van der Waals surface area (Å²) in [5, 5.41) is 22.4. The summed E-state index contributed by atoms with van der Waals surface area (Å²) in [5.41, 5.74) is 0.0486. The molecule has 1 fully saturated rings. The number of nitro benzene ring substituents is 1. The van der Waals surface area contributed by atoms with Crippen molar-refractivity contribution in [1.82, 2.24) is 19.7 Å². The van der Waals surface area contributed by atoms with Gasteiger partial charge in [0.1, 0.15) is 0 Å². The molecule has 1 aliphatic rings. The lowest BCUT2D eigenvalue weighted by atomic mass is 9.95. The highest BCUT2D eigenvalue weighted by Gasteiger charge is 2.26. The molecule has 152 valence electrons. The molecule has 0 atom stereocenters. The first-order chi connectivity index (χ1) is 14.7. The average molecular weight is 421 g/mol. The molecule has 0 bridgehead atoms. The Balaban J connectivity index is 1.60. The number of nitro groups is 1. The van der Waals surface area contributed by atoms with Gasteiger partial charge in [0.25, 0.3) is 5.69 Å². The van der Waals surface area contributed by atoms with Crippen molar-refractivity contribution in [3.63, 3.8) is 0 Å². The van der Waals surface area contributed by atoms with Gasteiger partial charge in [-0.05, 0) is 48.9 Å². The summed E-state index contributed by atoms with van der Waals surface area (Å²) >= 11 is 1.47. The quantitative estimate of drug-likeness (QED) is 0.303.